The Hall–Kier alpha value is -2.46. The van der Waals surface area contributed by atoms with Crippen LogP contribution < -0.4 is 20.8 Å². The molecule has 0 aromatic heterocycles. The topological polar surface area (TPSA) is 137 Å². The van der Waals surface area contributed by atoms with Crippen molar-refractivity contribution in [2.24, 2.45) is 5.73 Å². The van der Waals surface area contributed by atoms with E-state index in [0.717, 1.165) is 10.5 Å². The molecule has 37 heavy (non-hydrogen) atoms. The van der Waals surface area contributed by atoms with Crippen LogP contribution in [0.2, 0.25) is 30.5 Å². The summed E-state index contributed by atoms with van der Waals surface area (Å²) in [6.45, 7) is 13.8. The van der Waals surface area contributed by atoms with Crippen LogP contribution in [-0.4, -0.2) is 78.1 Å². The second-order valence-electron chi connectivity index (χ2n) is 9.96. The Morgan fingerprint density at radius 3 is 2.27 bits per heavy atom. The molecule has 0 saturated heterocycles. The number of benzene rings is 1. The number of carbonyl (C=O) groups is 4. The molecule has 0 aliphatic carbocycles. The zero-order chi connectivity index (χ0) is 28.0. The summed E-state index contributed by atoms with van der Waals surface area (Å²) in [7, 11) is -1.36. The summed E-state index contributed by atoms with van der Waals surface area (Å²) in [4.78, 5) is 50.4. The standard InChI is InChI=1S/C26H41N3O6SeSi/c1-7-15-35-26(33)21(13-14-22(30)34-16-17-37(4,5)6)28-25(32)23(29-24(31)18(2)27)19(3)36-20-11-9-8-10-12-20/h7-12,18-19,21,23H,1,13-17,27H2,2-6H3,(H,28,32)(H,29,31)/t18-,19-,21+,23-/m0/s1. The predicted octanol–water partition coefficient (Wildman–Crippen LogP) is 1.53. The molecule has 1 rings (SSSR count). The van der Waals surface area contributed by atoms with Gasteiger partial charge in [0, 0.05) is 0 Å². The third-order valence-electron chi connectivity index (χ3n) is 5.23. The average molecular weight is 599 g/mol. The van der Waals surface area contributed by atoms with Gasteiger partial charge in [-0.2, -0.15) is 0 Å². The molecule has 2 amide bonds. The van der Waals surface area contributed by atoms with Crippen LogP contribution in [0.4, 0.5) is 0 Å². The molecule has 206 valence electrons. The minimum atomic E-state index is -1.36. The van der Waals surface area contributed by atoms with E-state index in [9.17, 15) is 19.2 Å². The number of esters is 2. The number of ether oxygens (including phenoxy) is 2. The van der Waals surface area contributed by atoms with Crippen LogP contribution in [0.1, 0.15) is 26.7 Å². The Balaban J connectivity index is 2.96. The number of hydrogen-bond donors (Lipinski definition) is 3. The normalized spacial score (nSPS) is 14.4. The molecule has 0 saturated carbocycles. The summed E-state index contributed by atoms with van der Waals surface area (Å²) in [5.74, 6) is -2.17. The third-order valence-corrected chi connectivity index (χ3v) is 9.42. The van der Waals surface area contributed by atoms with E-state index in [1.807, 2.05) is 37.3 Å². The van der Waals surface area contributed by atoms with Crippen molar-refractivity contribution in [2.45, 2.75) is 75.3 Å². The second kappa shape index (κ2) is 16.4. The number of carbonyl (C=O) groups excluding carboxylic acids is 4. The molecule has 0 aliphatic rings. The fourth-order valence-corrected chi connectivity index (χ4v) is 5.98. The Kier molecular flexibility index (Phi) is 14.4. The van der Waals surface area contributed by atoms with Gasteiger partial charge in [-0.15, -0.1) is 0 Å². The first-order chi connectivity index (χ1) is 17.3. The first-order valence-electron chi connectivity index (χ1n) is 12.3. The average Bonchev–Trinajstić information content (AvgIpc) is 2.82. The third kappa shape index (κ3) is 13.6. The summed E-state index contributed by atoms with van der Waals surface area (Å²) in [6, 6.07) is 7.64. The summed E-state index contributed by atoms with van der Waals surface area (Å²) < 4.78 is 11.5. The Bertz CT molecular complexity index is 907. The van der Waals surface area contributed by atoms with Crippen molar-refractivity contribution in [3.63, 3.8) is 0 Å². The molecule has 0 fully saturated rings. The molecule has 0 aliphatic heterocycles. The van der Waals surface area contributed by atoms with Crippen molar-refractivity contribution in [1.29, 1.82) is 0 Å². The Labute approximate surface area is 227 Å². The van der Waals surface area contributed by atoms with Crippen LogP contribution in [0.5, 0.6) is 0 Å². The number of nitrogens with two attached hydrogens (primary N) is 1. The van der Waals surface area contributed by atoms with E-state index in [1.54, 1.807) is 0 Å². The number of rotatable bonds is 16. The first kappa shape index (κ1) is 32.6. The molecule has 0 unspecified atom stereocenters. The number of amides is 2. The van der Waals surface area contributed by atoms with Crippen LogP contribution in [0.15, 0.2) is 43.0 Å². The maximum atomic E-state index is 13.4. The second-order valence-corrected chi connectivity index (χ2v) is 18.6. The van der Waals surface area contributed by atoms with Gasteiger partial charge in [0.2, 0.25) is 0 Å². The molecule has 1 aromatic carbocycles. The van der Waals surface area contributed by atoms with Gasteiger partial charge in [-0.05, 0) is 0 Å². The molecule has 0 radical (unpaired) electrons. The van der Waals surface area contributed by atoms with Gasteiger partial charge in [0.25, 0.3) is 0 Å². The van der Waals surface area contributed by atoms with Gasteiger partial charge in [-0.25, -0.2) is 0 Å². The van der Waals surface area contributed by atoms with Gasteiger partial charge < -0.3 is 0 Å². The summed E-state index contributed by atoms with van der Waals surface area (Å²) in [6.07, 6.45) is 1.34. The quantitative estimate of drug-likeness (QED) is 0.149. The van der Waals surface area contributed by atoms with Crippen LogP contribution in [0.3, 0.4) is 0 Å². The van der Waals surface area contributed by atoms with E-state index >= 15 is 0 Å². The van der Waals surface area contributed by atoms with Crippen molar-refractivity contribution in [2.75, 3.05) is 13.2 Å². The summed E-state index contributed by atoms with van der Waals surface area (Å²) >= 11 is -0.159. The van der Waals surface area contributed by atoms with E-state index in [-0.39, 0.29) is 39.2 Å². The summed E-state index contributed by atoms with van der Waals surface area (Å²) in [5, 5.41) is 5.39. The van der Waals surface area contributed by atoms with Crippen molar-refractivity contribution in [3.05, 3.63) is 43.0 Å². The molecule has 0 spiro atoms. The molecular weight excluding hydrogens is 557 g/mol. The van der Waals surface area contributed by atoms with Gasteiger partial charge in [-0.1, -0.05) is 19.6 Å². The molecule has 0 heterocycles. The van der Waals surface area contributed by atoms with E-state index in [4.69, 9.17) is 15.2 Å². The van der Waals surface area contributed by atoms with Gasteiger partial charge in [-0.3, -0.25) is 0 Å². The predicted molar refractivity (Wildman–Crippen MR) is 148 cm³/mol. The van der Waals surface area contributed by atoms with Gasteiger partial charge in [0.1, 0.15) is 0 Å². The molecular formula is C26H41N3O6SeSi. The first-order valence-corrected chi connectivity index (χ1v) is 17.9. The molecule has 4 atom stereocenters. The van der Waals surface area contributed by atoms with Gasteiger partial charge in [0.15, 0.2) is 0 Å². The van der Waals surface area contributed by atoms with Crippen molar-refractivity contribution < 1.29 is 28.7 Å². The summed E-state index contributed by atoms with van der Waals surface area (Å²) in [5.41, 5.74) is 5.72. The zero-order valence-electron chi connectivity index (χ0n) is 22.5. The SMILES string of the molecule is C=CCOC(=O)[C@@H](CCC(=O)OCC[Si](C)(C)C)NC(=O)[C@@H](NC(=O)[C@H](C)N)[C@H](C)[Se]c1ccccc1. The fraction of sp³-hybridized carbons (Fsp3) is 0.538. The van der Waals surface area contributed by atoms with Crippen LogP contribution in [-0.2, 0) is 28.7 Å². The fourth-order valence-electron chi connectivity index (χ4n) is 3.02. The Morgan fingerprint density at radius 2 is 1.70 bits per heavy atom. The van der Waals surface area contributed by atoms with E-state index in [1.165, 1.54) is 13.0 Å². The van der Waals surface area contributed by atoms with E-state index in [0.29, 0.717) is 6.61 Å². The van der Waals surface area contributed by atoms with E-state index in [2.05, 4.69) is 36.9 Å². The van der Waals surface area contributed by atoms with Crippen molar-refractivity contribution in [3.8, 4) is 0 Å². The van der Waals surface area contributed by atoms with Gasteiger partial charge in [0.05, 0.1) is 0 Å². The zero-order valence-corrected chi connectivity index (χ0v) is 25.2. The van der Waals surface area contributed by atoms with Crippen LogP contribution in [0, 0.1) is 0 Å². The molecule has 4 N–H and O–H groups in total. The number of hydrogen-bond acceptors (Lipinski definition) is 7. The Morgan fingerprint density at radius 1 is 1.05 bits per heavy atom. The monoisotopic (exact) mass is 599 g/mol. The molecule has 11 heteroatoms. The van der Waals surface area contributed by atoms with Crippen molar-refractivity contribution >= 4 is 51.2 Å². The molecule has 0 bridgehead atoms. The maximum absolute atomic E-state index is 13.4. The van der Waals surface area contributed by atoms with Crippen LogP contribution >= 0.6 is 0 Å². The molecule has 1 aromatic rings. The van der Waals surface area contributed by atoms with Crippen LogP contribution in [0.25, 0.3) is 0 Å². The number of nitrogens with one attached hydrogen (secondary N) is 2. The van der Waals surface area contributed by atoms with Gasteiger partial charge >= 0.3 is 208 Å². The van der Waals surface area contributed by atoms with Crippen molar-refractivity contribution in [1.82, 2.24) is 10.6 Å². The van der Waals surface area contributed by atoms with E-state index < -0.39 is 50.0 Å². The minimum absolute atomic E-state index is 0.000334. The molecule has 9 nitrogen and oxygen atoms in total.